The van der Waals surface area contributed by atoms with Crippen LogP contribution in [-0.2, 0) is 10.4 Å². The maximum atomic E-state index is 8.74. The molecule has 0 fully saturated rings. The Balaban J connectivity index is 0. The van der Waals surface area contributed by atoms with Crippen LogP contribution in [0.1, 0.15) is 40.0 Å². The van der Waals surface area contributed by atoms with Gasteiger partial charge in [0.15, 0.2) is 0 Å². The Labute approximate surface area is 86.5 Å². The molecule has 0 heterocycles. The smallest absolute Gasteiger partial charge is 0.314 e. The van der Waals surface area contributed by atoms with Gasteiger partial charge in [-0.05, 0) is 25.8 Å². The Kier molecular flexibility index (Phi) is 10.9. The summed E-state index contributed by atoms with van der Waals surface area (Å²) in [7, 11) is -4.67. The van der Waals surface area contributed by atoms with Crippen molar-refractivity contribution >= 4 is 10.4 Å². The predicted molar refractivity (Wildman–Crippen MR) is 56.8 cm³/mol. The molecule has 0 aromatic rings. The normalized spacial score (nSPS) is 11.0. The van der Waals surface area contributed by atoms with E-state index in [4.69, 9.17) is 17.5 Å². The quantitative estimate of drug-likeness (QED) is 0.620. The van der Waals surface area contributed by atoms with E-state index in [1.807, 2.05) is 0 Å². The zero-order valence-electron chi connectivity index (χ0n) is 9.02. The van der Waals surface area contributed by atoms with Gasteiger partial charge in [-0.1, -0.05) is 20.8 Å². The van der Waals surface area contributed by atoms with Gasteiger partial charge in [-0.15, -0.1) is 0 Å². The molecule has 0 amide bonds. The molecule has 0 aliphatic heterocycles. The minimum atomic E-state index is -4.67. The number of hydrogen-bond acceptors (Lipinski definition) is 3. The first kappa shape index (κ1) is 16.3. The monoisotopic (exact) mass is 227 g/mol. The van der Waals surface area contributed by atoms with Gasteiger partial charge in [0.25, 0.3) is 0 Å². The second-order valence-electron chi connectivity index (χ2n) is 2.92. The van der Waals surface area contributed by atoms with E-state index in [1.54, 1.807) is 0 Å². The lowest BCUT2D eigenvalue weighted by molar-refractivity contribution is 0.381. The van der Waals surface area contributed by atoms with Gasteiger partial charge in [-0.2, -0.15) is 8.42 Å². The molecule has 0 unspecified atom stereocenters. The van der Waals surface area contributed by atoms with Crippen LogP contribution in [0.2, 0.25) is 0 Å². The van der Waals surface area contributed by atoms with Crippen LogP contribution in [-0.4, -0.2) is 30.1 Å². The Morgan fingerprint density at radius 3 is 1.71 bits per heavy atom. The Morgan fingerprint density at radius 1 is 1.14 bits per heavy atom. The minimum absolute atomic E-state index is 0.755. The lowest BCUT2D eigenvalue weighted by atomic mass is 10.2. The molecule has 0 aliphatic carbocycles. The van der Waals surface area contributed by atoms with Crippen molar-refractivity contribution in [2.75, 3.05) is 6.54 Å². The van der Waals surface area contributed by atoms with Crippen molar-refractivity contribution in [3.8, 4) is 0 Å². The fourth-order valence-electron chi connectivity index (χ4n) is 0.926. The first-order valence-corrected chi connectivity index (χ1v) is 6.18. The van der Waals surface area contributed by atoms with Crippen LogP contribution in [0.5, 0.6) is 0 Å². The second-order valence-corrected chi connectivity index (χ2v) is 3.81. The van der Waals surface area contributed by atoms with E-state index in [1.165, 1.54) is 25.8 Å². The van der Waals surface area contributed by atoms with Gasteiger partial charge in [0.2, 0.25) is 0 Å². The van der Waals surface area contributed by atoms with Gasteiger partial charge in [-0.25, -0.2) is 0 Å². The maximum Gasteiger partial charge on any atom is 0.394 e. The molecule has 0 rings (SSSR count). The average molecular weight is 227 g/mol. The van der Waals surface area contributed by atoms with Crippen LogP contribution < -0.4 is 5.32 Å². The summed E-state index contributed by atoms with van der Waals surface area (Å²) in [6.07, 6.45) is 3.77. The van der Waals surface area contributed by atoms with Crippen LogP contribution in [0.4, 0.5) is 0 Å². The zero-order valence-corrected chi connectivity index (χ0v) is 9.84. The van der Waals surface area contributed by atoms with Crippen LogP contribution in [0.25, 0.3) is 0 Å². The predicted octanol–water partition coefficient (Wildman–Crippen LogP) is 1.52. The average Bonchev–Trinajstić information content (AvgIpc) is 2.04. The summed E-state index contributed by atoms with van der Waals surface area (Å²) in [4.78, 5) is 0. The highest BCUT2D eigenvalue weighted by molar-refractivity contribution is 7.79. The van der Waals surface area contributed by atoms with E-state index in [0.717, 1.165) is 6.04 Å². The lowest BCUT2D eigenvalue weighted by Gasteiger charge is -2.12. The number of rotatable bonds is 5. The number of hydrogen-bond donors (Lipinski definition) is 3. The summed E-state index contributed by atoms with van der Waals surface area (Å²) in [5.41, 5.74) is 0. The molecule has 0 aliphatic rings. The Morgan fingerprint density at radius 2 is 1.50 bits per heavy atom. The topological polar surface area (TPSA) is 86.6 Å². The molecular weight excluding hydrogens is 206 g/mol. The third kappa shape index (κ3) is 22.6. The molecule has 0 aromatic heterocycles. The molecule has 0 spiro atoms. The molecule has 0 radical (unpaired) electrons. The molecule has 0 saturated heterocycles. The molecule has 5 nitrogen and oxygen atoms in total. The van der Waals surface area contributed by atoms with Crippen LogP contribution in [0, 0.1) is 0 Å². The summed E-state index contributed by atoms with van der Waals surface area (Å²) < 4.78 is 31.6. The summed E-state index contributed by atoms with van der Waals surface area (Å²) >= 11 is 0. The van der Waals surface area contributed by atoms with E-state index >= 15 is 0 Å². The first-order valence-electron chi connectivity index (χ1n) is 4.78. The molecule has 0 atom stereocenters. The van der Waals surface area contributed by atoms with Crippen molar-refractivity contribution in [1.29, 1.82) is 0 Å². The molecule has 14 heavy (non-hydrogen) atoms. The Bertz CT molecular complexity index is 191. The third-order valence-electron chi connectivity index (χ3n) is 1.67. The molecule has 88 valence electrons. The van der Waals surface area contributed by atoms with Crippen molar-refractivity contribution in [2.45, 2.75) is 46.1 Å². The highest BCUT2D eigenvalue weighted by atomic mass is 32.3. The molecule has 6 heteroatoms. The van der Waals surface area contributed by atoms with E-state index < -0.39 is 10.4 Å². The van der Waals surface area contributed by atoms with Crippen molar-refractivity contribution in [1.82, 2.24) is 5.32 Å². The van der Waals surface area contributed by atoms with Crippen molar-refractivity contribution in [2.24, 2.45) is 0 Å². The van der Waals surface area contributed by atoms with Gasteiger partial charge in [0.05, 0.1) is 0 Å². The second kappa shape index (κ2) is 9.39. The summed E-state index contributed by atoms with van der Waals surface area (Å²) in [6.45, 7) is 7.84. The summed E-state index contributed by atoms with van der Waals surface area (Å²) in [6, 6.07) is 0.755. The van der Waals surface area contributed by atoms with E-state index in [9.17, 15) is 0 Å². The molecule has 3 N–H and O–H groups in total. The van der Waals surface area contributed by atoms with Gasteiger partial charge in [0, 0.05) is 6.04 Å². The SMILES string of the molecule is CCCNC(CC)CC.O=S(=O)(O)O. The van der Waals surface area contributed by atoms with Gasteiger partial charge in [-0.3, -0.25) is 9.11 Å². The van der Waals surface area contributed by atoms with Crippen molar-refractivity contribution in [3.63, 3.8) is 0 Å². The molecule has 0 aromatic carbocycles. The maximum absolute atomic E-state index is 8.74. The van der Waals surface area contributed by atoms with E-state index in [-0.39, 0.29) is 0 Å². The highest BCUT2D eigenvalue weighted by Crippen LogP contribution is 1.94. The lowest BCUT2D eigenvalue weighted by Crippen LogP contribution is -2.27. The van der Waals surface area contributed by atoms with Gasteiger partial charge < -0.3 is 5.32 Å². The van der Waals surface area contributed by atoms with Crippen molar-refractivity contribution < 1.29 is 17.5 Å². The standard InChI is InChI=1S/C8H19N.H2O4S/c1-4-7-9-8(5-2)6-3;1-5(2,3)4/h8-9H,4-7H2,1-3H3;(H2,1,2,3,4). The van der Waals surface area contributed by atoms with Crippen LogP contribution in [0.3, 0.4) is 0 Å². The fourth-order valence-corrected chi connectivity index (χ4v) is 0.926. The van der Waals surface area contributed by atoms with E-state index in [2.05, 4.69) is 26.1 Å². The summed E-state index contributed by atoms with van der Waals surface area (Å²) in [5.74, 6) is 0. The minimum Gasteiger partial charge on any atom is -0.314 e. The number of nitrogens with one attached hydrogen (secondary N) is 1. The third-order valence-corrected chi connectivity index (χ3v) is 1.67. The highest BCUT2D eigenvalue weighted by Gasteiger charge is 1.98. The fraction of sp³-hybridized carbons (Fsp3) is 1.00. The Hall–Kier alpha value is -0.170. The van der Waals surface area contributed by atoms with Crippen LogP contribution >= 0.6 is 0 Å². The first-order chi connectivity index (χ1) is 6.35. The van der Waals surface area contributed by atoms with Crippen LogP contribution in [0.15, 0.2) is 0 Å². The molecule has 0 bridgehead atoms. The van der Waals surface area contributed by atoms with E-state index in [0.29, 0.717) is 0 Å². The summed E-state index contributed by atoms with van der Waals surface area (Å²) in [5, 5.41) is 3.47. The molecule has 0 saturated carbocycles. The van der Waals surface area contributed by atoms with Gasteiger partial charge in [0.1, 0.15) is 0 Å². The van der Waals surface area contributed by atoms with Crippen molar-refractivity contribution in [3.05, 3.63) is 0 Å². The zero-order chi connectivity index (χ0) is 11.6. The largest absolute Gasteiger partial charge is 0.394 e. The molecular formula is C8H21NO4S. The van der Waals surface area contributed by atoms with Gasteiger partial charge >= 0.3 is 10.4 Å².